The number of hydrogen-bond acceptors (Lipinski definition) is 0. The van der Waals surface area contributed by atoms with Crippen LogP contribution in [0.2, 0.25) is 0 Å². The molecule has 0 atom stereocenters. The van der Waals surface area contributed by atoms with Crippen LogP contribution in [0.1, 0.15) is 12.8 Å². The molecular weight excluding hydrogens is 619 g/mol. The van der Waals surface area contributed by atoms with Crippen LogP contribution in [0, 0.1) is 4.64 Å². The topological polar surface area (TPSA) is 27.8 Å². The molecule has 0 radical (unpaired) electrons. The number of rotatable bonds is 9. The maximum Gasteiger partial charge on any atom is 0.365 e. The van der Waals surface area contributed by atoms with Crippen LogP contribution in [0.3, 0.4) is 0 Å². The summed E-state index contributed by atoms with van der Waals surface area (Å²) in [5.41, 5.74) is 0. The van der Waals surface area contributed by atoms with Gasteiger partial charge in [-0.2, -0.15) is 0 Å². The maximum absolute atomic E-state index is 7.06. The standard InChI is InChI=1S/C28H28P2.C5H5NOS.ClH.Cu/c1-5-15-25(16-6-1)29(26-17-7-2-8-18-26)23-13-14-24-30(27-19-9-3-10-20-27)28-21-11-4-12-22-28;7-6-4-2-1-3-5(6)8;;/h1-12,15-22H,13-14,23-24H2;1-4,7H;1H;/q;;;+2/p+2. The van der Waals surface area contributed by atoms with Crippen LogP contribution in [-0.2, 0) is 27.3 Å². The third-order valence-corrected chi connectivity index (χ3v) is 12.2. The van der Waals surface area contributed by atoms with Crippen molar-refractivity contribution in [1.29, 1.82) is 0 Å². The molecule has 0 aliphatic heterocycles. The summed E-state index contributed by atoms with van der Waals surface area (Å²) in [5.74, 6) is 0. The average molecular weight is 656 g/mol. The van der Waals surface area contributed by atoms with Gasteiger partial charge in [0, 0.05) is 6.07 Å². The van der Waals surface area contributed by atoms with Crippen LogP contribution in [0.4, 0.5) is 0 Å². The second-order valence-corrected chi connectivity index (χ2v) is 14.3. The van der Waals surface area contributed by atoms with Crippen molar-refractivity contribution in [2.45, 2.75) is 12.8 Å². The third kappa shape index (κ3) is 10.6. The minimum absolute atomic E-state index is 0.279. The van der Waals surface area contributed by atoms with Gasteiger partial charge in [-0.25, -0.2) is 0 Å². The van der Waals surface area contributed by atoms with Crippen molar-refractivity contribution in [1.82, 2.24) is 4.73 Å². The van der Waals surface area contributed by atoms with Gasteiger partial charge in [0.2, 0.25) is 0 Å². The zero-order chi connectivity index (χ0) is 28.4. The van der Waals surface area contributed by atoms with Gasteiger partial charge in [-0.15, -0.1) is 0 Å². The monoisotopic (exact) mass is 654 g/mol. The van der Waals surface area contributed by atoms with Gasteiger partial charge < -0.3 is 5.21 Å². The summed E-state index contributed by atoms with van der Waals surface area (Å²) in [6.45, 7) is 0. The molecule has 5 rings (SSSR count). The van der Waals surface area contributed by atoms with E-state index in [1.165, 1.54) is 51.1 Å². The molecule has 0 aliphatic rings. The molecule has 0 bridgehead atoms. The molecule has 0 fully saturated rings. The Labute approximate surface area is 258 Å². The number of aromatic nitrogens is 1. The first-order valence-electron chi connectivity index (χ1n) is 13.1. The first kappa shape index (κ1) is 32.2. The molecule has 2 nitrogen and oxygen atoms in total. The minimum Gasteiger partial charge on any atom is -0.484 e. The fourth-order valence-corrected chi connectivity index (χ4v) is 9.64. The van der Waals surface area contributed by atoms with Gasteiger partial charge in [-0.05, 0) is 72.6 Å². The molecule has 5 aromatic rings. The Balaban J connectivity index is 0.000000376. The van der Waals surface area contributed by atoms with Crippen LogP contribution >= 0.6 is 25.9 Å². The summed E-state index contributed by atoms with van der Waals surface area (Å²) in [5, 5.41) is 13.1. The predicted octanol–water partition coefficient (Wildman–Crippen LogP) is 6.24. The van der Waals surface area contributed by atoms with Crippen molar-refractivity contribution in [2.75, 3.05) is 12.3 Å². The molecular formula is C33H36ClCuNOP2S+4. The van der Waals surface area contributed by atoms with Crippen LogP contribution < -0.4 is 21.2 Å². The number of hydrogen-bond donors (Lipinski definition) is 0. The van der Waals surface area contributed by atoms with Gasteiger partial charge in [0.25, 0.3) is 0 Å². The van der Waals surface area contributed by atoms with Crippen molar-refractivity contribution in [3.8, 4) is 0 Å². The quantitative estimate of drug-likeness (QED) is 0.0450. The first-order chi connectivity index (χ1) is 19.7. The van der Waals surface area contributed by atoms with Gasteiger partial charge in [-0.1, -0.05) is 103 Å². The molecule has 0 aliphatic carbocycles. The van der Waals surface area contributed by atoms with E-state index in [-0.39, 0.29) is 7.92 Å². The van der Waals surface area contributed by atoms with Crippen molar-refractivity contribution in [2.24, 2.45) is 0 Å². The van der Waals surface area contributed by atoms with Crippen molar-refractivity contribution >= 4 is 59.4 Å². The molecule has 7 heteroatoms. The molecule has 2 N–H and O–H groups in total. The molecule has 0 saturated carbocycles. The Bertz CT molecular complexity index is 1250. The Morgan fingerprint density at radius 1 is 0.625 bits per heavy atom. The van der Waals surface area contributed by atoms with Gasteiger partial charge >= 0.3 is 29.8 Å². The molecule has 0 spiro atoms. The summed E-state index contributed by atoms with van der Waals surface area (Å²) < 4.78 is 1.84. The first-order valence-corrected chi connectivity index (χ1v) is 18.1. The molecule has 0 saturated heterocycles. The van der Waals surface area contributed by atoms with Crippen LogP contribution in [0.25, 0.3) is 0 Å². The summed E-state index contributed by atoms with van der Waals surface area (Å²) in [6, 6.07) is 49.9. The van der Waals surface area contributed by atoms with E-state index in [2.05, 4.69) is 159 Å². The number of benzene rings is 4. The van der Waals surface area contributed by atoms with E-state index in [0.29, 0.717) is 4.64 Å². The molecule has 1 aromatic heterocycles. The number of unbranched alkanes of at least 4 members (excludes halogenated alkanes) is 1. The van der Waals surface area contributed by atoms with Crippen molar-refractivity contribution in [3.63, 3.8) is 0 Å². The van der Waals surface area contributed by atoms with E-state index in [4.69, 9.17) is 5.21 Å². The number of nitrogens with zero attached hydrogens (tertiary/aromatic N) is 1. The van der Waals surface area contributed by atoms with Crippen LogP contribution in [0.5, 0.6) is 0 Å². The van der Waals surface area contributed by atoms with Crippen LogP contribution in [0.15, 0.2) is 146 Å². The summed E-state index contributed by atoms with van der Waals surface area (Å²) in [6.07, 6.45) is 6.76. The molecule has 209 valence electrons. The minimum atomic E-state index is -0.718. The van der Waals surface area contributed by atoms with Gasteiger partial charge in [0.05, 0.1) is 30.9 Å². The zero-order valence-electron chi connectivity index (χ0n) is 22.2. The van der Waals surface area contributed by atoms with Crippen molar-refractivity contribution in [3.05, 3.63) is 150 Å². The molecule has 0 amide bonds. The number of halogens is 1. The normalized spacial score (nSPS) is 10.3. The van der Waals surface area contributed by atoms with Crippen LogP contribution in [-0.4, -0.2) is 22.3 Å². The molecule has 40 heavy (non-hydrogen) atoms. The smallest absolute Gasteiger partial charge is 0.365 e. The Morgan fingerprint density at radius 3 is 1.45 bits per heavy atom. The average Bonchev–Trinajstić information content (AvgIpc) is 3.03. The zero-order valence-corrected chi connectivity index (χ0v) is 26.7. The Hall–Kier alpha value is -2.28. The number of pyridine rings is 1. The van der Waals surface area contributed by atoms with Gasteiger partial charge in [-0.3, -0.25) is 0 Å². The fraction of sp³-hybridized carbons (Fsp3) is 0.121. The summed E-state index contributed by atoms with van der Waals surface area (Å²) in [7, 11) is 3.20. The Morgan fingerprint density at radius 2 is 1.05 bits per heavy atom. The van der Waals surface area contributed by atoms with E-state index in [1.807, 2.05) is 6.07 Å². The summed E-state index contributed by atoms with van der Waals surface area (Å²) in [4.78, 5) is 0. The van der Waals surface area contributed by atoms with Gasteiger partial charge in [0.1, 0.15) is 0 Å². The predicted molar refractivity (Wildman–Crippen MR) is 180 cm³/mol. The second kappa shape index (κ2) is 19.0. The molecule has 4 aromatic carbocycles. The molecule has 1 heterocycles. The second-order valence-electron chi connectivity index (χ2n) is 8.92. The summed E-state index contributed by atoms with van der Waals surface area (Å²) >= 11 is 7.63. The maximum atomic E-state index is 7.06. The number of thiol groups is 1. The molecule has 0 unspecified atom stereocenters. The van der Waals surface area contributed by atoms with Gasteiger partial charge in [0.15, 0.2) is 12.2 Å². The van der Waals surface area contributed by atoms with E-state index in [0.717, 1.165) is 0 Å². The largest absolute Gasteiger partial charge is 0.484 e. The Kier molecular flexibility index (Phi) is 15.3. The van der Waals surface area contributed by atoms with E-state index < -0.39 is 7.92 Å². The van der Waals surface area contributed by atoms with E-state index >= 15 is 0 Å². The van der Waals surface area contributed by atoms with E-state index in [9.17, 15) is 0 Å². The SMILES string of the molecule is [Cl][Cu+].[OH2+]n1ccccc1=[SH+].c1ccc(P(CCCC[PH+](c2ccccc2)c2ccccc2)c2ccccc2)cc1. The third-order valence-electron chi connectivity index (χ3n) is 6.28. The van der Waals surface area contributed by atoms with Crippen molar-refractivity contribution < 1.29 is 20.3 Å². The van der Waals surface area contributed by atoms with E-state index in [1.54, 1.807) is 18.3 Å². The fourth-order valence-electron chi connectivity index (χ4n) is 4.36.